The molecule has 1 saturated carbocycles. The van der Waals surface area contributed by atoms with Crippen LogP contribution < -0.4 is 5.32 Å². The molecule has 3 fully saturated rings. The Balaban J connectivity index is 1.21. The number of anilines is 2. The number of halogens is 3. The van der Waals surface area contributed by atoms with Gasteiger partial charge in [-0.25, -0.2) is 23.4 Å². The summed E-state index contributed by atoms with van der Waals surface area (Å²) in [5.41, 5.74) is 1.43. The van der Waals surface area contributed by atoms with Gasteiger partial charge in [0.1, 0.15) is 11.9 Å². The number of nitrogens with one attached hydrogen (secondary N) is 1. The number of nitrogens with zero attached hydrogens (tertiary/aromatic N) is 5. The summed E-state index contributed by atoms with van der Waals surface area (Å²) in [6.45, 7) is 4.69. The van der Waals surface area contributed by atoms with Crippen LogP contribution in [0.1, 0.15) is 43.7 Å². The third-order valence-electron chi connectivity index (χ3n) is 7.74. The van der Waals surface area contributed by atoms with Crippen LogP contribution in [0.15, 0.2) is 30.6 Å². The topological polar surface area (TPSA) is 88.3 Å². The van der Waals surface area contributed by atoms with Crippen LogP contribution in [0.5, 0.6) is 0 Å². The lowest BCUT2D eigenvalue weighted by Crippen LogP contribution is -2.56. The number of aromatic nitrogens is 4. The predicted molar refractivity (Wildman–Crippen MR) is 127 cm³/mol. The van der Waals surface area contributed by atoms with Crippen molar-refractivity contribution in [2.24, 2.45) is 0 Å². The van der Waals surface area contributed by atoms with Crippen LogP contribution in [-0.2, 0) is 4.74 Å². The summed E-state index contributed by atoms with van der Waals surface area (Å²) >= 11 is 6.67. The zero-order valence-corrected chi connectivity index (χ0v) is 20.0. The lowest BCUT2D eigenvalue weighted by atomic mass is 9.85. The fourth-order valence-electron chi connectivity index (χ4n) is 5.34. The number of rotatable bonds is 5. The molecular formula is C24H27ClF2N6O2. The van der Waals surface area contributed by atoms with Crippen LogP contribution in [0.2, 0.25) is 5.02 Å². The number of hydrogen-bond donors (Lipinski definition) is 2. The van der Waals surface area contributed by atoms with Gasteiger partial charge in [0, 0.05) is 29.1 Å². The highest BCUT2D eigenvalue weighted by Crippen LogP contribution is 2.53. The average molecular weight is 505 g/mol. The fourth-order valence-corrected chi connectivity index (χ4v) is 5.66. The monoisotopic (exact) mass is 504 g/mol. The molecular weight excluding hydrogens is 478 g/mol. The number of benzene rings is 1. The zero-order valence-electron chi connectivity index (χ0n) is 19.3. The fraction of sp³-hybridized carbons (Fsp3) is 0.542. The lowest BCUT2D eigenvalue weighted by molar-refractivity contribution is -0.00211. The van der Waals surface area contributed by atoms with E-state index in [0.29, 0.717) is 30.0 Å². The van der Waals surface area contributed by atoms with Gasteiger partial charge in [-0.15, -0.1) is 0 Å². The minimum absolute atomic E-state index is 0.215. The van der Waals surface area contributed by atoms with Crippen molar-refractivity contribution in [3.05, 3.63) is 41.2 Å². The molecule has 1 aromatic carbocycles. The lowest BCUT2D eigenvalue weighted by Gasteiger charge is -2.43. The van der Waals surface area contributed by atoms with Gasteiger partial charge >= 0.3 is 0 Å². The van der Waals surface area contributed by atoms with Crippen molar-refractivity contribution >= 4 is 34.3 Å². The van der Waals surface area contributed by atoms with Gasteiger partial charge in [-0.05, 0) is 56.5 Å². The number of aliphatic hydroxyl groups is 1. The number of aliphatic hydroxyl groups excluding tert-OH is 1. The van der Waals surface area contributed by atoms with Crippen LogP contribution in [-0.4, -0.2) is 73.6 Å². The summed E-state index contributed by atoms with van der Waals surface area (Å²) in [6.07, 6.45) is 4.30. The van der Waals surface area contributed by atoms with Crippen LogP contribution in [0, 0.1) is 0 Å². The molecule has 2 aromatic heterocycles. The molecule has 3 atom stereocenters. The van der Waals surface area contributed by atoms with Gasteiger partial charge in [0.25, 0.3) is 5.92 Å². The molecule has 6 rings (SSSR count). The SMILES string of the molecule is C[C@@]1(N2CCC(c3cc4nc(Nc5ccnn5C5CC5(F)F)ncc4cc3Cl)CC2)COC[C@@H]1O. The van der Waals surface area contributed by atoms with E-state index in [1.165, 1.54) is 10.9 Å². The van der Waals surface area contributed by atoms with Gasteiger partial charge in [0.05, 0.1) is 36.6 Å². The Morgan fingerprint density at radius 3 is 2.71 bits per heavy atom. The number of ether oxygens (including phenoxy) is 1. The average Bonchev–Trinajstić information content (AvgIpc) is 3.11. The van der Waals surface area contributed by atoms with Crippen molar-refractivity contribution in [3.63, 3.8) is 0 Å². The Labute approximate surface area is 206 Å². The second-order valence-corrected chi connectivity index (χ2v) is 10.4. The maximum absolute atomic E-state index is 13.5. The predicted octanol–water partition coefficient (Wildman–Crippen LogP) is 4.13. The Bertz CT molecular complexity index is 1260. The van der Waals surface area contributed by atoms with Crippen LogP contribution in [0.4, 0.5) is 20.5 Å². The minimum atomic E-state index is -2.73. The molecule has 3 aliphatic rings. The molecule has 0 bridgehead atoms. The standard InChI is InChI=1S/C24H27ClF2N6O2/c1-23(13-35-12-20(23)34)32-6-3-14(4-7-32)16-9-18-15(8-17(16)25)11-28-22(30-18)31-21-2-5-29-33(21)19-10-24(19,26)27/h2,5,8-9,11,14,19-20,34H,3-4,6-7,10,12-13H2,1H3,(H,28,30,31)/t19?,20-,23+/m0/s1. The Morgan fingerprint density at radius 1 is 1.26 bits per heavy atom. The third kappa shape index (κ3) is 4.06. The maximum atomic E-state index is 13.5. The number of hydrogen-bond acceptors (Lipinski definition) is 7. The number of piperidine rings is 1. The third-order valence-corrected chi connectivity index (χ3v) is 8.07. The van der Waals surface area contributed by atoms with E-state index < -0.39 is 18.1 Å². The van der Waals surface area contributed by atoms with Crippen molar-refractivity contribution in [1.29, 1.82) is 0 Å². The molecule has 0 spiro atoms. The molecule has 186 valence electrons. The van der Waals surface area contributed by atoms with E-state index in [-0.39, 0.29) is 17.9 Å². The highest BCUT2D eigenvalue weighted by molar-refractivity contribution is 6.32. The van der Waals surface area contributed by atoms with Crippen molar-refractivity contribution in [2.45, 2.75) is 55.7 Å². The van der Waals surface area contributed by atoms with Gasteiger partial charge in [-0.1, -0.05) is 11.6 Å². The summed E-state index contributed by atoms with van der Waals surface area (Å²) in [5.74, 6) is -1.71. The molecule has 2 N–H and O–H groups in total. The largest absolute Gasteiger partial charge is 0.389 e. The van der Waals surface area contributed by atoms with Crippen LogP contribution in [0.3, 0.4) is 0 Å². The van der Waals surface area contributed by atoms with Crippen molar-refractivity contribution in [2.75, 3.05) is 31.6 Å². The number of fused-ring (bicyclic) bond motifs is 1. The Kier molecular flexibility index (Phi) is 5.48. The molecule has 11 heteroatoms. The van der Waals surface area contributed by atoms with E-state index in [0.717, 1.165) is 42.4 Å². The van der Waals surface area contributed by atoms with Gasteiger partial charge < -0.3 is 15.2 Å². The molecule has 4 heterocycles. The molecule has 1 unspecified atom stereocenters. The molecule has 0 radical (unpaired) electrons. The van der Waals surface area contributed by atoms with Crippen molar-refractivity contribution in [1.82, 2.24) is 24.6 Å². The molecule has 3 aromatic rings. The quantitative estimate of drug-likeness (QED) is 0.540. The van der Waals surface area contributed by atoms with E-state index >= 15 is 0 Å². The Hall–Kier alpha value is -2.40. The molecule has 8 nitrogen and oxygen atoms in total. The second kappa shape index (κ2) is 8.33. The maximum Gasteiger partial charge on any atom is 0.272 e. The first kappa shape index (κ1) is 23.0. The summed E-state index contributed by atoms with van der Waals surface area (Å²) in [5, 5.41) is 19.0. The molecule has 0 amide bonds. The number of likely N-dealkylation sites (tertiary alicyclic amines) is 1. The van der Waals surface area contributed by atoms with E-state index in [9.17, 15) is 13.9 Å². The van der Waals surface area contributed by atoms with Crippen LogP contribution >= 0.6 is 11.6 Å². The smallest absolute Gasteiger partial charge is 0.272 e. The van der Waals surface area contributed by atoms with Gasteiger partial charge in [0.2, 0.25) is 5.95 Å². The van der Waals surface area contributed by atoms with Gasteiger partial charge in [-0.2, -0.15) is 5.10 Å². The van der Waals surface area contributed by atoms with E-state index in [2.05, 4.69) is 32.2 Å². The first-order valence-corrected chi connectivity index (χ1v) is 12.3. The van der Waals surface area contributed by atoms with E-state index in [1.54, 1.807) is 12.3 Å². The summed E-state index contributed by atoms with van der Waals surface area (Å²) in [4.78, 5) is 11.3. The van der Waals surface area contributed by atoms with Gasteiger partial charge in [0.15, 0.2) is 0 Å². The molecule has 35 heavy (non-hydrogen) atoms. The van der Waals surface area contributed by atoms with E-state index in [1.807, 2.05) is 12.1 Å². The summed E-state index contributed by atoms with van der Waals surface area (Å²) < 4.78 is 33.9. The molecule has 2 aliphatic heterocycles. The molecule has 1 aliphatic carbocycles. The zero-order chi connectivity index (χ0) is 24.4. The van der Waals surface area contributed by atoms with Crippen molar-refractivity contribution < 1.29 is 18.6 Å². The summed E-state index contributed by atoms with van der Waals surface area (Å²) in [7, 11) is 0. The van der Waals surface area contributed by atoms with E-state index in [4.69, 9.17) is 16.3 Å². The second-order valence-electron chi connectivity index (χ2n) is 10.0. The first-order chi connectivity index (χ1) is 16.7. The summed E-state index contributed by atoms with van der Waals surface area (Å²) in [6, 6.07) is 4.59. The minimum Gasteiger partial charge on any atom is -0.389 e. The highest BCUT2D eigenvalue weighted by Gasteiger charge is 2.59. The normalized spacial score (nSPS) is 29.1. The number of alkyl halides is 2. The highest BCUT2D eigenvalue weighted by atomic mass is 35.5. The Morgan fingerprint density at radius 2 is 2.03 bits per heavy atom. The van der Waals surface area contributed by atoms with Gasteiger partial charge in [-0.3, -0.25) is 4.90 Å². The van der Waals surface area contributed by atoms with Crippen molar-refractivity contribution in [3.8, 4) is 0 Å². The first-order valence-electron chi connectivity index (χ1n) is 11.9. The van der Waals surface area contributed by atoms with Crippen LogP contribution in [0.25, 0.3) is 10.9 Å². The molecule has 2 saturated heterocycles.